The lowest BCUT2D eigenvalue weighted by Gasteiger charge is -2.21. The normalized spacial score (nSPS) is 14.6. The van der Waals surface area contributed by atoms with Crippen LogP contribution in [0.4, 0.5) is 0 Å². The summed E-state index contributed by atoms with van der Waals surface area (Å²) < 4.78 is 4.71. The van der Waals surface area contributed by atoms with E-state index in [9.17, 15) is 4.79 Å². The molecule has 0 fully saturated rings. The average Bonchev–Trinajstić information content (AvgIpc) is 2.54. The fourth-order valence-corrected chi connectivity index (χ4v) is 2.20. The number of ether oxygens (including phenoxy) is 1. The van der Waals surface area contributed by atoms with Gasteiger partial charge < -0.3 is 20.3 Å². The number of carbonyl (C=O) groups is 1. The monoisotopic (exact) mass is 314 g/mol. The minimum atomic E-state index is -0.213. The fraction of sp³-hybridized carbons (Fsp3) is 0.875. The molecule has 0 aliphatic rings. The van der Waals surface area contributed by atoms with Crippen LogP contribution in [-0.4, -0.2) is 63.2 Å². The Kier molecular flexibility index (Phi) is 11.5. The number of aliphatic imine (C=N–C) groups is 1. The molecule has 0 bridgehead atoms. The smallest absolute Gasteiger partial charge is 0.310 e. The summed E-state index contributed by atoms with van der Waals surface area (Å²) in [6, 6.07) is 0.343. The van der Waals surface area contributed by atoms with E-state index in [1.165, 1.54) is 7.11 Å². The zero-order valence-corrected chi connectivity index (χ0v) is 15.1. The molecule has 0 heterocycles. The molecular weight excluding hydrogens is 280 g/mol. The number of nitrogens with zero attached hydrogens (tertiary/aromatic N) is 2. The molecule has 0 spiro atoms. The second kappa shape index (κ2) is 12.3. The molecule has 0 rings (SSSR count). The molecule has 0 saturated carbocycles. The second-order valence-electron chi connectivity index (χ2n) is 5.59. The first-order valence-corrected chi connectivity index (χ1v) is 8.25. The summed E-state index contributed by atoms with van der Waals surface area (Å²) in [7, 11) is 3.14. The van der Waals surface area contributed by atoms with Crippen LogP contribution in [0.15, 0.2) is 4.99 Å². The maximum atomic E-state index is 11.4. The van der Waals surface area contributed by atoms with Crippen LogP contribution in [0.1, 0.15) is 40.5 Å². The van der Waals surface area contributed by atoms with E-state index in [0.29, 0.717) is 12.6 Å². The van der Waals surface area contributed by atoms with E-state index < -0.39 is 0 Å². The number of guanidine groups is 1. The van der Waals surface area contributed by atoms with Gasteiger partial charge in [-0.05, 0) is 39.4 Å². The lowest BCUT2D eigenvalue weighted by molar-refractivity contribution is -0.144. The molecule has 22 heavy (non-hydrogen) atoms. The van der Waals surface area contributed by atoms with Crippen molar-refractivity contribution in [1.29, 1.82) is 0 Å². The Morgan fingerprint density at radius 2 is 1.91 bits per heavy atom. The van der Waals surface area contributed by atoms with Crippen molar-refractivity contribution in [3.63, 3.8) is 0 Å². The molecule has 0 saturated heterocycles. The van der Waals surface area contributed by atoms with E-state index in [2.05, 4.69) is 41.3 Å². The van der Waals surface area contributed by atoms with Crippen molar-refractivity contribution >= 4 is 11.9 Å². The molecule has 0 aliphatic carbocycles. The third-order valence-corrected chi connectivity index (χ3v) is 3.79. The molecule has 2 atom stereocenters. The summed E-state index contributed by atoms with van der Waals surface area (Å²) in [6.45, 7) is 12.2. The molecule has 0 aliphatic heterocycles. The van der Waals surface area contributed by atoms with E-state index in [1.54, 1.807) is 7.05 Å². The maximum Gasteiger partial charge on any atom is 0.310 e. The van der Waals surface area contributed by atoms with Crippen molar-refractivity contribution in [2.24, 2.45) is 10.9 Å². The predicted molar refractivity (Wildman–Crippen MR) is 92.2 cm³/mol. The van der Waals surface area contributed by atoms with E-state index >= 15 is 0 Å². The largest absolute Gasteiger partial charge is 0.469 e. The van der Waals surface area contributed by atoms with Gasteiger partial charge in [-0.25, -0.2) is 0 Å². The first-order valence-electron chi connectivity index (χ1n) is 8.25. The number of hydrogen-bond acceptors (Lipinski definition) is 4. The molecule has 0 aromatic heterocycles. The molecule has 0 radical (unpaired) electrons. The SMILES string of the molecule is CCN(CC)CCCC(C)NC(=NC)NCC(C)C(=O)OC. The Morgan fingerprint density at radius 1 is 1.27 bits per heavy atom. The first kappa shape index (κ1) is 20.7. The Hall–Kier alpha value is -1.30. The summed E-state index contributed by atoms with van der Waals surface area (Å²) in [5, 5.41) is 6.52. The van der Waals surface area contributed by atoms with Crippen molar-refractivity contribution in [3.8, 4) is 0 Å². The zero-order valence-electron chi connectivity index (χ0n) is 15.1. The van der Waals surface area contributed by atoms with Crippen LogP contribution in [0.25, 0.3) is 0 Å². The van der Waals surface area contributed by atoms with E-state index in [-0.39, 0.29) is 11.9 Å². The van der Waals surface area contributed by atoms with Gasteiger partial charge in [-0.1, -0.05) is 20.8 Å². The number of carbonyl (C=O) groups excluding carboxylic acids is 1. The summed E-state index contributed by atoms with van der Waals surface area (Å²) >= 11 is 0. The fourth-order valence-electron chi connectivity index (χ4n) is 2.20. The van der Waals surface area contributed by atoms with Gasteiger partial charge in [0.1, 0.15) is 0 Å². The highest BCUT2D eigenvalue weighted by atomic mass is 16.5. The minimum absolute atomic E-state index is 0.193. The van der Waals surface area contributed by atoms with Crippen LogP contribution in [0, 0.1) is 5.92 Å². The van der Waals surface area contributed by atoms with E-state index in [0.717, 1.165) is 38.4 Å². The van der Waals surface area contributed by atoms with Gasteiger partial charge in [-0.15, -0.1) is 0 Å². The number of esters is 1. The highest BCUT2D eigenvalue weighted by molar-refractivity contribution is 5.80. The number of rotatable bonds is 10. The Bertz CT molecular complexity index is 330. The molecule has 2 unspecified atom stereocenters. The third kappa shape index (κ3) is 8.87. The van der Waals surface area contributed by atoms with E-state index in [1.807, 2.05) is 6.92 Å². The van der Waals surface area contributed by atoms with Crippen molar-refractivity contribution in [1.82, 2.24) is 15.5 Å². The number of nitrogens with one attached hydrogen (secondary N) is 2. The van der Waals surface area contributed by atoms with Gasteiger partial charge in [0.05, 0.1) is 13.0 Å². The van der Waals surface area contributed by atoms with Gasteiger partial charge in [-0.2, -0.15) is 0 Å². The van der Waals surface area contributed by atoms with Crippen LogP contribution in [0.3, 0.4) is 0 Å². The molecular formula is C16H34N4O2. The summed E-state index contributed by atoms with van der Waals surface area (Å²) in [6.07, 6.45) is 2.25. The van der Waals surface area contributed by atoms with Crippen LogP contribution in [-0.2, 0) is 9.53 Å². The minimum Gasteiger partial charge on any atom is -0.469 e. The van der Waals surface area contributed by atoms with Crippen molar-refractivity contribution in [2.45, 2.75) is 46.6 Å². The zero-order chi connectivity index (χ0) is 17.0. The maximum absolute atomic E-state index is 11.4. The number of hydrogen-bond donors (Lipinski definition) is 2. The molecule has 0 aromatic carbocycles. The van der Waals surface area contributed by atoms with Crippen molar-refractivity contribution in [2.75, 3.05) is 40.3 Å². The molecule has 6 heteroatoms. The van der Waals surface area contributed by atoms with Crippen LogP contribution >= 0.6 is 0 Å². The van der Waals surface area contributed by atoms with Crippen LogP contribution in [0.5, 0.6) is 0 Å². The second-order valence-corrected chi connectivity index (χ2v) is 5.59. The quantitative estimate of drug-likeness (QED) is 0.363. The number of methoxy groups -OCH3 is 1. The average molecular weight is 314 g/mol. The standard InChI is InChI=1S/C16H34N4O2/c1-7-20(8-2)11-9-10-14(4)19-16(17-5)18-12-13(3)15(21)22-6/h13-14H,7-12H2,1-6H3,(H2,17,18,19). The molecule has 0 amide bonds. The summed E-state index contributed by atoms with van der Waals surface area (Å²) in [4.78, 5) is 18.0. The topological polar surface area (TPSA) is 66.0 Å². The Morgan fingerprint density at radius 3 is 2.41 bits per heavy atom. The predicted octanol–water partition coefficient (Wildman–Crippen LogP) is 1.47. The van der Waals surface area contributed by atoms with Crippen molar-refractivity contribution < 1.29 is 9.53 Å². The van der Waals surface area contributed by atoms with Crippen LogP contribution < -0.4 is 10.6 Å². The Balaban J connectivity index is 4.04. The van der Waals surface area contributed by atoms with Gasteiger partial charge in [0.2, 0.25) is 0 Å². The van der Waals surface area contributed by atoms with Gasteiger partial charge in [0, 0.05) is 19.6 Å². The van der Waals surface area contributed by atoms with Gasteiger partial charge in [-0.3, -0.25) is 9.79 Å². The van der Waals surface area contributed by atoms with Gasteiger partial charge in [0.25, 0.3) is 0 Å². The highest BCUT2D eigenvalue weighted by Crippen LogP contribution is 2.00. The molecule has 2 N–H and O–H groups in total. The van der Waals surface area contributed by atoms with E-state index in [4.69, 9.17) is 4.74 Å². The molecule has 6 nitrogen and oxygen atoms in total. The Labute approximate surface area is 135 Å². The van der Waals surface area contributed by atoms with Crippen LogP contribution in [0.2, 0.25) is 0 Å². The lowest BCUT2D eigenvalue weighted by Crippen LogP contribution is -2.44. The molecule has 130 valence electrons. The molecule has 0 aromatic rings. The highest BCUT2D eigenvalue weighted by Gasteiger charge is 2.14. The van der Waals surface area contributed by atoms with Gasteiger partial charge >= 0.3 is 5.97 Å². The van der Waals surface area contributed by atoms with Gasteiger partial charge in [0.15, 0.2) is 5.96 Å². The lowest BCUT2D eigenvalue weighted by atomic mass is 10.1. The third-order valence-electron chi connectivity index (χ3n) is 3.79. The summed E-state index contributed by atoms with van der Waals surface area (Å²) in [5.74, 6) is 0.322. The summed E-state index contributed by atoms with van der Waals surface area (Å²) in [5.41, 5.74) is 0. The van der Waals surface area contributed by atoms with Crippen molar-refractivity contribution in [3.05, 3.63) is 0 Å². The first-order chi connectivity index (χ1) is 10.5.